The highest BCUT2D eigenvalue weighted by molar-refractivity contribution is 9.10. The molecule has 21 heavy (non-hydrogen) atoms. The highest BCUT2D eigenvalue weighted by Crippen LogP contribution is 2.22. The molecule has 0 atom stereocenters. The molecule has 3 rings (SSSR count). The molecule has 4 heteroatoms. The molecule has 110 valence electrons. The van der Waals surface area contributed by atoms with E-state index in [1.165, 1.54) is 0 Å². The minimum absolute atomic E-state index is 0.149. The molecule has 1 aliphatic heterocycles. The largest absolute Gasteiger partial charge is 0.336 e. The van der Waals surface area contributed by atoms with Crippen molar-refractivity contribution in [1.29, 1.82) is 0 Å². The van der Waals surface area contributed by atoms with E-state index in [1.807, 2.05) is 35.2 Å². The van der Waals surface area contributed by atoms with E-state index in [9.17, 15) is 4.79 Å². The number of amides is 1. The number of fused-ring (bicyclic) bond motifs is 1. The summed E-state index contributed by atoms with van der Waals surface area (Å²) in [4.78, 5) is 16.9. The van der Waals surface area contributed by atoms with Gasteiger partial charge in [-0.25, -0.2) is 0 Å². The molecule has 2 aromatic carbocycles. The van der Waals surface area contributed by atoms with E-state index in [-0.39, 0.29) is 5.91 Å². The maximum atomic E-state index is 12.6. The van der Waals surface area contributed by atoms with Gasteiger partial charge >= 0.3 is 0 Å². The Balaban J connectivity index is 1.80. The summed E-state index contributed by atoms with van der Waals surface area (Å²) in [5.41, 5.74) is 0.787. The molecule has 1 fully saturated rings. The standard InChI is InChI=1S/C17H19BrN2O/c1-2-19-7-9-20(10-8-19)17(21)15-4-3-14-12-16(18)6-5-13(14)11-15/h3-6,11-12H,2,7-10H2,1H3. The molecule has 0 unspecified atom stereocenters. The van der Waals surface area contributed by atoms with Crippen molar-refractivity contribution < 1.29 is 4.79 Å². The summed E-state index contributed by atoms with van der Waals surface area (Å²) in [5, 5.41) is 2.26. The van der Waals surface area contributed by atoms with Gasteiger partial charge in [-0.15, -0.1) is 0 Å². The second kappa shape index (κ2) is 6.16. The van der Waals surface area contributed by atoms with Gasteiger partial charge < -0.3 is 9.80 Å². The first kappa shape index (κ1) is 14.5. The molecule has 0 saturated carbocycles. The number of halogens is 1. The second-order valence-electron chi connectivity index (χ2n) is 5.43. The van der Waals surface area contributed by atoms with Gasteiger partial charge in [0.1, 0.15) is 0 Å². The third-order valence-electron chi connectivity index (χ3n) is 4.16. The Hall–Kier alpha value is -1.39. The molecule has 0 spiro atoms. The average Bonchev–Trinajstić information content (AvgIpc) is 2.53. The number of hydrogen-bond donors (Lipinski definition) is 0. The smallest absolute Gasteiger partial charge is 0.253 e. The summed E-state index contributed by atoms with van der Waals surface area (Å²) in [7, 11) is 0. The van der Waals surface area contributed by atoms with Crippen LogP contribution in [-0.2, 0) is 0 Å². The van der Waals surface area contributed by atoms with Crippen molar-refractivity contribution >= 4 is 32.6 Å². The third kappa shape index (κ3) is 3.11. The van der Waals surface area contributed by atoms with Crippen LogP contribution in [0.15, 0.2) is 40.9 Å². The fourth-order valence-corrected chi connectivity index (χ4v) is 3.18. The Morgan fingerprint density at radius 3 is 2.43 bits per heavy atom. The first-order chi connectivity index (χ1) is 10.2. The minimum Gasteiger partial charge on any atom is -0.336 e. The quantitative estimate of drug-likeness (QED) is 0.832. The molecular weight excluding hydrogens is 328 g/mol. The van der Waals surface area contributed by atoms with E-state index >= 15 is 0 Å². The second-order valence-corrected chi connectivity index (χ2v) is 6.35. The van der Waals surface area contributed by atoms with E-state index in [1.54, 1.807) is 0 Å². The normalized spacial score (nSPS) is 16.4. The number of carbonyl (C=O) groups is 1. The van der Waals surface area contributed by atoms with Crippen LogP contribution in [0.1, 0.15) is 17.3 Å². The molecule has 0 bridgehead atoms. The molecule has 2 aromatic rings. The van der Waals surface area contributed by atoms with Gasteiger partial charge in [-0.3, -0.25) is 4.79 Å². The zero-order chi connectivity index (χ0) is 14.8. The van der Waals surface area contributed by atoms with Crippen LogP contribution in [0.2, 0.25) is 0 Å². The molecule has 0 radical (unpaired) electrons. The zero-order valence-electron chi connectivity index (χ0n) is 12.2. The Labute approximate surface area is 133 Å². The lowest BCUT2D eigenvalue weighted by molar-refractivity contribution is 0.0643. The van der Waals surface area contributed by atoms with Crippen LogP contribution in [-0.4, -0.2) is 48.4 Å². The Morgan fingerprint density at radius 2 is 1.71 bits per heavy atom. The number of nitrogens with zero attached hydrogens (tertiary/aromatic N) is 2. The summed E-state index contributed by atoms with van der Waals surface area (Å²) >= 11 is 3.48. The van der Waals surface area contributed by atoms with Gasteiger partial charge in [0.2, 0.25) is 0 Å². The fraction of sp³-hybridized carbons (Fsp3) is 0.353. The van der Waals surface area contributed by atoms with Gasteiger partial charge in [-0.1, -0.05) is 35.0 Å². The maximum absolute atomic E-state index is 12.6. The highest BCUT2D eigenvalue weighted by atomic mass is 79.9. The van der Waals surface area contributed by atoms with Crippen LogP contribution >= 0.6 is 15.9 Å². The first-order valence-electron chi connectivity index (χ1n) is 7.38. The first-order valence-corrected chi connectivity index (χ1v) is 8.17. The molecular formula is C17H19BrN2O. The number of piperazine rings is 1. The van der Waals surface area contributed by atoms with E-state index < -0.39 is 0 Å². The molecule has 1 heterocycles. The monoisotopic (exact) mass is 346 g/mol. The SMILES string of the molecule is CCN1CCN(C(=O)c2ccc3cc(Br)ccc3c2)CC1. The van der Waals surface area contributed by atoms with Crippen LogP contribution in [0, 0.1) is 0 Å². The van der Waals surface area contributed by atoms with Crippen molar-refractivity contribution in [1.82, 2.24) is 9.80 Å². The molecule has 0 N–H and O–H groups in total. The van der Waals surface area contributed by atoms with E-state index in [4.69, 9.17) is 0 Å². The summed E-state index contributed by atoms with van der Waals surface area (Å²) in [6.07, 6.45) is 0. The summed E-state index contributed by atoms with van der Waals surface area (Å²) < 4.78 is 1.06. The number of carbonyl (C=O) groups excluding carboxylic acids is 1. The third-order valence-corrected chi connectivity index (χ3v) is 4.65. The maximum Gasteiger partial charge on any atom is 0.253 e. The minimum atomic E-state index is 0.149. The Morgan fingerprint density at radius 1 is 1.05 bits per heavy atom. The van der Waals surface area contributed by atoms with Gasteiger partial charge in [0.25, 0.3) is 5.91 Å². The van der Waals surface area contributed by atoms with Crippen molar-refractivity contribution in [2.45, 2.75) is 6.92 Å². The van der Waals surface area contributed by atoms with Crippen LogP contribution in [0.25, 0.3) is 10.8 Å². The topological polar surface area (TPSA) is 23.6 Å². The van der Waals surface area contributed by atoms with Crippen molar-refractivity contribution in [3.05, 3.63) is 46.4 Å². The van der Waals surface area contributed by atoms with Crippen molar-refractivity contribution in [3.63, 3.8) is 0 Å². The molecule has 0 aromatic heterocycles. The summed E-state index contributed by atoms with van der Waals surface area (Å²) in [6, 6.07) is 12.1. The lowest BCUT2D eigenvalue weighted by atomic mass is 10.1. The number of likely N-dealkylation sites (N-methyl/N-ethyl adjacent to an activating group) is 1. The van der Waals surface area contributed by atoms with Gasteiger partial charge in [0.05, 0.1) is 0 Å². The van der Waals surface area contributed by atoms with Crippen LogP contribution in [0.3, 0.4) is 0 Å². The van der Waals surface area contributed by atoms with Gasteiger partial charge in [-0.05, 0) is 41.6 Å². The van der Waals surface area contributed by atoms with Crippen LogP contribution in [0.4, 0.5) is 0 Å². The van der Waals surface area contributed by atoms with Crippen molar-refractivity contribution in [2.24, 2.45) is 0 Å². The van der Waals surface area contributed by atoms with Gasteiger partial charge in [0, 0.05) is 36.2 Å². The predicted octanol–water partition coefficient (Wildman–Crippen LogP) is 3.38. The summed E-state index contributed by atoms with van der Waals surface area (Å²) in [5.74, 6) is 0.149. The molecule has 1 aliphatic rings. The lowest BCUT2D eigenvalue weighted by Crippen LogP contribution is -2.48. The van der Waals surface area contributed by atoms with Gasteiger partial charge in [-0.2, -0.15) is 0 Å². The Bertz CT molecular complexity index is 663. The van der Waals surface area contributed by atoms with Crippen molar-refractivity contribution in [2.75, 3.05) is 32.7 Å². The summed E-state index contributed by atoms with van der Waals surface area (Å²) in [6.45, 7) is 6.83. The molecule has 0 aliphatic carbocycles. The van der Waals surface area contributed by atoms with E-state index in [0.717, 1.165) is 53.5 Å². The lowest BCUT2D eigenvalue weighted by Gasteiger charge is -2.34. The zero-order valence-corrected chi connectivity index (χ0v) is 13.8. The molecule has 1 amide bonds. The van der Waals surface area contributed by atoms with Crippen molar-refractivity contribution in [3.8, 4) is 0 Å². The molecule has 1 saturated heterocycles. The Kier molecular flexibility index (Phi) is 4.27. The number of rotatable bonds is 2. The molecule has 3 nitrogen and oxygen atoms in total. The number of hydrogen-bond acceptors (Lipinski definition) is 2. The van der Waals surface area contributed by atoms with Crippen LogP contribution < -0.4 is 0 Å². The van der Waals surface area contributed by atoms with Gasteiger partial charge in [0.15, 0.2) is 0 Å². The number of benzene rings is 2. The van der Waals surface area contributed by atoms with Crippen LogP contribution in [0.5, 0.6) is 0 Å². The van der Waals surface area contributed by atoms with E-state index in [2.05, 4.69) is 33.8 Å². The fourth-order valence-electron chi connectivity index (χ4n) is 2.80. The predicted molar refractivity (Wildman–Crippen MR) is 89.7 cm³/mol. The van der Waals surface area contributed by atoms with E-state index in [0.29, 0.717) is 0 Å². The average molecular weight is 347 g/mol. The highest BCUT2D eigenvalue weighted by Gasteiger charge is 2.21.